The molecule has 4 heteroatoms. The summed E-state index contributed by atoms with van der Waals surface area (Å²) >= 11 is 0. The number of hydrogen-bond acceptors (Lipinski definition) is 3. The summed E-state index contributed by atoms with van der Waals surface area (Å²) in [5, 5.41) is 0. The second-order valence-corrected chi connectivity index (χ2v) is 4.91. The molecule has 0 aromatic carbocycles. The van der Waals surface area contributed by atoms with Gasteiger partial charge in [0.1, 0.15) is 5.82 Å². The van der Waals surface area contributed by atoms with Crippen LogP contribution in [0, 0.1) is 6.92 Å². The minimum Gasteiger partial charge on any atom is -0.367 e. The highest BCUT2D eigenvalue weighted by Crippen LogP contribution is 2.23. The summed E-state index contributed by atoms with van der Waals surface area (Å²) < 4.78 is 0. The fraction of sp³-hybridized carbons (Fsp3) is 0.385. The van der Waals surface area contributed by atoms with Crippen molar-refractivity contribution >= 4 is 0 Å². The van der Waals surface area contributed by atoms with Gasteiger partial charge in [0.15, 0.2) is 0 Å². The van der Waals surface area contributed by atoms with E-state index in [2.05, 4.69) is 28.8 Å². The van der Waals surface area contributed by atoms with E-state index >= 15 is 0 Å². The normalized spacial score (nSPS) is 11.8. The highest BCUT2D eigenvalue weighted by atomic mass is 14.9. The van der Waals surface area contributed by atoms with E-state index < -0.39 is 0 Å². The van der Waals surface area contributed by atoms with Crippen molar-refractivity contribution in [3.05, 3.63) is 36.0 Å². The fourth-order valence-corrected chi connectivity index (χ4v) is 1.59. The van der Waals surface area contributed by atoms with Gasteiger partial charge in [-0.15, -0.1) is 0 Å². The van der Waals surface area contributed by atoms with Crippen LogP contribution in [0.5, 0.6) is 0 Å². The van der Waals surface area contributed by atoms with E-state index in [0.717, 1.165) is 22.8 Å². The van der Waals surface area contributed by atoms with Gasteiger partial charge in [-0.1, -0.05) is 13.8 Å². The lowest BCUT2D eigenvalue weighted by atomic mass is 9.92. The molecule has 3 N–H and O–H groups in total. The maximum Gasteiger partial charge on any atom is 0.136 e. The Morgan fingerprint density at radius 1 is 1.35 bits per heavy atom. The van der Waals surface area contributed by atoms with E-state index in [1.54, 1.807) is 0 Å². The smallest absolute Gasteiger partial charge is 0.136 e. The van der Waals surface area contributed by atoms with Gasteiger partial charge in [0, 0.05) is 35.6 Å². The zero-order valence-corrected chi connectivity index (χ0v) is 10.5. The first-order valence-electron chi connectivity index (χ1n) is 5.72. The number of nitrogens with two attached hydrogens (primary N) is 1. The SMILES string of the molecule is Cc1cc(-c2cc[nH]c2)nc(C(C)(C)CN)n1. The summed E-state index contributed by atoms with van der Waals surface area (Å²) in [6.45, 7) is 6.63. The predicted molar refractivity (Wildman–Crippen MR) is 68.6 cm³/mol. The Bertz CT molecular complexity index is 500. The molecule has 2 rings (SSSR count). The summed E-state index contributed by atoms with van der Waals surface area (Å²) in [6.07, 6.45) is 3.82. The lowest BCUT2D eigenvalue weighted by molar-refractivity contribution is 0.501. The molecule has 0 atom stereocenters. The average Bonchev–Trinajstić information content (AvgIpc) is 2.81. The zero-order chi connectivity index (χ0) is 12.5. The Morgan fingerprint density at radius 2 is 2.12 bits per heavy atom. The number of nitrogens with zero attached hydrogens (tertiary/aromatic N) is 2. The van der Waals surface area contributed by atoms with Crippen LogP contribution >= 0.6 is 0 Å². The molecule has 2 aromatic heterocycles. The van der Waals surface area contributed by atoms with Crippen molar-refractivity contribution in [3.8, 4) is 11.3 Å². The molecule has 0 saturated heterocycles. The maximum atomic E-state index is 5.77. The van der Waals surface area contributed by atoms with E-state index in [-0.39, 0.29) is 5.41 Å². The molecule has 0 aliphatic heterocycles. The Hall–Kier alpha value is -1.68. The molecule has 0 spiro atoms. The molecule has 4 nitrogen and oxygen atoms in total. The summed E-state index contributed by atoms with van der Waals surface area (Å²) in [5.74, 6) is 0.802. The van der Waals surface area contributed by atoms with Crippen LogP contribution < -0.4 is 5.73 Å². The molecule has 0 radical (unpaired) electrons. The molecular weight excluding hydrogens is 212 g/mol. The summed E-state index contributed by atoms with van der Waals surface area (Å²) in [6, 6.07) is 3.99. The molecule has 2 aromatic rings. The molecule has 90 valence electrons. The van der Waals surface area contributed by atoms with Crippen molar-refractivity contribution in [2.75, 3.05) is 6.54 Å². The van der Waals surface area contributed by atoms with E-state index in [1.807, 2.05) is 31.5 Å². The summed E-state index contributed by atoms with van der Waals surface area (Å²) in [4.78, 5) is 12.1. The van der Waals surface area contributed by atoms with Crippen molar-refractivity contribution < 1.29 is 0 Å². The van der Waals surface area contributed by atoms with E-state index in [9.17, 15) is 0 Å². The van der Waals surface area contributed by atoms with Gasteiger partial charge in [0.25, 0.3) is 0 Å². The van der Waals surface area contributed by atoms with Crippen LogP contribution in [0.3, 0.4) is 0 Å². The second kappa shape index (κ2) is 4.30. The Balaban J connectivity index is 2.50. The van der Waals surface area contributed by atoms with Crippen LogP contribution in [0.2, 0.25) is 0 Å². The largest absolute Gasteiger partial charge is 0.367 e. The topological polar surface area (TPSA) is 67.6 Å². The first kappa shape index (κ1) is 11.8. The van der Waals surface area contributed by atoms with Gasteiger partial charge < -0.3 is 10.7 Å². The van der Waals surface area contributed by atoms with Crippen LogP contribution in [0.1, 0.15) is 25.4 Å². The van der Waals surface area contributed by atoms with Gasteiger partial charge in [0.2, 0.25) is 0 Å². The molecule has 0 fully saturated rings. The highest BCUT2D eigenvalue weighted by Gasteiger charge is 2.23. The molecule has 0 amide bonds. The van der Waals surface area contributed by atoms with Gasteiger partial charge >= 0.3 is 0 Å². The van der Waals surface area contributed by atoms with Gasteiger partial charge in [-0.25, -0.2) is 9.97 Å². The molecule has 0 unspecified atom stereocenters. The van der Waals surface area contributed by atoms with Crippen molar-refractivity contribution in [2.45, 2.75) is 26.2 Å². The molecule has 2 heterocycles. The highest BCUT2D eigenvalue weighted by molar-refractivity contribution is 5.58. The van der Waals surface area contributed by atoms with Crippen molar-refractivity contribution in [1.29, 1.82) is 0 Å². The number of H-pyrrole nitrogens is 1. The Morgan fingerprint density at radius 3 is 2.71 bits per heavy atom. The van der Waals surface area contributed by atoms with Crippen molar-refractivity contribution in [1.82, 2.24) is 15.0 Å². The minimum absolute atomic E-state index is 0.197. The number of aryl methyl sites for hydroxylation is 1. The lowest BCUT2D eigenvalue weighted by Gasteiger charge is -2.21. The van der Waals surface area contributed by atoms with Crippen LogP contribution in [-0.4, -0.2) is 21.5 Å². The number of hydrogen-bond donors (Lipinski definition) is 2. The molecule has 17 heavy (non-hydrogen) atoms. The molecule has 0 saturated carbocycles. The Labute approximate surface area is 101 Å². The zero-order valence-electron chi connectivity index (χ0n) is 10.5. The monoisotopic (exact) mass is 230 g/mol. The number of nitrogens with one attached hydrogen (secondary N) is 1. The van der Waals surface area contributed by atoms with E-state index in [1.165, 1.54) is 0 Å². The third-order valence-corrected chi connectivity index (χ3v) is 2.86. The third-order valence-electron chi connectivity index (χ3n) is 2.86. The maximum absolute atomic E-state index is 5.77. The average molecular weight is 230 g/mol. The van der Waals surface area contributed by atoms with Gasteiger partial charge in [-0.05, 0) is 19.1 Å². The van der Waals surface area contributed by atoms with Crippen molar-refractivity contribution in [3.63, 3.8) is 0 Å². The quantitative estimate of drug-likeness (QED) is 0.847. The van der Waals surface area contributed by atoms with Crippen LogP contribution in [-0.2, 0) is 5.41 Å². The lowest BCUT2D eigenvalue weighted by Crippen LogP contribution is -2.30. The van der Waals surface area contributed by atoms with Gasteiger partial charge in [-0.3, -0.25) is 0 Å². The first-order valence-corrected chi connectivity index (χ1v) is 5.72. The fourth-order valence-electron chi connectivity index (χ4n) is 1.59. The minimum atomic E-state index is -0.197. The number of rotatable bonds is 3. The summed E-state index contributed by atoms with van der Waals surface area (Å²) in [5.41, 5.74) is 8.55. The number of aromatic amines is 1. The standard InChI is InChI=1S/C13H18N4/c1-9-6-11(10-4-5-15-7-10)17-12(16-9)13(2,3)8-14/h4-7,15H,8,14H2,1-3H3. The van der Waals surface area contributed by atoms with Crippen LogP contribution in [0.25, 0.3) is 11.3 Å². The van der Waals surface area contributed by atoms with Gasteiger partial charge in [0.05, 0.1) is 5.69 Å². The van der Waals surface area contributed by atoms with Crippen molar-refractivity contribution in [2.24, 2.45) is 5.73 Å². The third kappa shape index (κ3) is 2.36. The van der Waals surface area contributed by atoms with Crippen LogP contribution in [0.4, 0.5) is 0 Å². The molecule has 0 aliphatic rings. The Kier molecular flexibility index (Phi) is 2.98. The van der Waals surface area contributed by atoms with Crippen LogP contribution in [0.15, 0.2) is 24.5 Å². The number of aromatic nitrogens is 3. The van der Waals surface area contributed by atoms with E-state index in [0.29, 0.717) is 6.54 Å². The first-order chi connectivity index (χ1) is 8.03. The molecular formula is C13H18N4. The predicted octanol–water partition coefficient (Wildman–Crippen LogP) is 2.02. The van der Waals surface area contributed by atoms with E-state index in [4.69, 9.17) is 5.73 Å². The molecule has 0 aliphatic carbocycles. The second-order valence-electron chi connectivity index (χ2n) is 4.91. The summed E-state index contributed by atoms with van der Waals surface area (Å²) in [7, 11) is 0. The van der Waals surface area contributed by atoms with Gasteiger partial charge in [-0.2, -0.15) is 0 Å². The molecule has 0 bridgehead atoms.